The van der Waals surface area contributed by atoms with Gasteiger partial charge in [0, 0.05) is 5.56 Å². The minimum atomic E-state index is -0.285. The van der Waals surface area contributed by atoms with E-state index >= 15 is 0 Å². The van der Waals surface area contributed by atoms with Gasteiger partial charge < -0.3 is 4.98 Å². The highest BCUT2D eigenvalue weighted by Gasteiger charge is 2.11. The molecule has 0 spiro atoms. The Morgan fingerprint density at radius 3 is 2.89 bits per heavy atom. The molecule has 0 unspecified atom stereocenters. The molecule has 96 valence electrons. The van der Waals surface area contributed by atoms with Gasteiger partial charge in [-0.3, -0.25) is 0 Å². The highest BCUT2D eigenvalue weighted by molar-refractivity contribution is 9.10. The molecular weight excluding hydrogens is 307 g/mol. The molecule has 0 saturated heterocycles. The van der Waals surface area contributed by atoms with Gasteiger partial charge in [-0.1, -0.05) is 19.1 Å². The van der Waals surface area contributed by atoms with Crippen molar-refractivity contribution in [1.82, 2.24) is 9.97 Å². The van der Waals surface area contributed by atoms with Crippen LogP contribution in [-0.4, -0.2) is 9.97 Å². The molecule has 3 aromatic rings. The predicted octanol–water partition coefficient (Wildman–Crippen LogP) is 4.69. The van der Waals surface area contributed by atoms with Gasteiger partial charge >= 0.3 is 0 Å². The number of hydrogen-bond donors (Lipinski definition) is 1. The maximum Gasteiger partial charge on any atom is 0.139 e. The van der Waals surface area contributed by atoms with Crippen LogP contribution in [0.4, 0.5) is 4.39 Å². The monoisotopic (exact) mass is 318 g/mol. The second kappa shape index (κ2) is 4.78. The molecule has 1 heterocycles. The Hall–Kier alpha value is -1.68. The minimum Gasteiger partial charge on any atom is -0.338 e. The first kappa shape index (κ1) is 12.4. The minimum absolute atomic E-state index is 0.285. The summed E-state index contributed by atoms with van der Waals surface area (Å²) in [6.45, 7) is 2.11. The fourth-order valence-corrected chi connectivity index (χ4v) is 2.54. The quantitative estimate of drug-likeness (QED) is 0.729. The number of H-pyrrole nitrogens is 1. The number of benzene rings is 2. The second-order valence-electron chi connectivity index (χ2n) is 4.39. The number of nitrogens with one attached hydrogen (secondary N) is 1. The Bertz CT molecular complexity index is 749. The maximum absolute atomic E-state index is 13.6. The first-order valence-corrected chi connectivity index (χ1v) is 6.91. The maximum atomic E-state index is 13.6. The molecule has 2 aromatic carbocycles. The van der Waals surface area contributed by atoms with Crippen molar-refractivity contribution >= 4 is 27.0 Å². The van der Waals surface area contributed by atoms with E-state index in [9.17, 15) is 4.39 Å². The van der Waals surface area contributed by atoms with Gasteiger partial charge in [0.15, 0.2) is 0 Å². The molecule has 19 heavy (non-hydrogen) atoms. The molecule has 3 rings (SSSR count). The van der Waals surface area contributed by atoms with E-state index in [-0.39, 0.29) is 5.82 Å². The summed E-state index contributed by atoms with van der Waals surface area (Å²) in [5.74, 6) is 0.391. The average Bonchev–Trinajstić information content (AvgIpc) is 2.84. The van der Waals surface area contributed by atoms with Crippen LogP contribution in [0.3, 0.4) is 0 Å². The molecular formula is C15H12BrFN2. The van der Waals surface area contributed by atoms with Gasteiger partial charge in [-0.15, -0.1) is 0 Å². The molecule has 0 atom stereocenters. The van der Waals surface area contributed by atoms with E-state index in [1.807, 2.05) is 12.1 Å². The van der Waals surface area contributed by atoms with Crippen molar-refractivity contribution in [3.63, 3.8) is 0 Å². The first-order chi connectivity index (χ1) is 9.19. The number of hydrogen-bond acceptors (Lipinski definition) is 1. The number of fused-ring (bicyclic) bond motifs is 1. The largest absolute Gasteiger partial charge is 0.338 e. The molecule has 0 amide bonds. The van der Waals surface area contributed by atoms with Crippen LogP contribution in [0.1, 0.15) is 12.5 Å². The van der Waals surface area contributed by atoms with Gasteiger partial charge in [0.05, 0.1) is 15.5 Å². The highest BCUT2D eigenvalue weighted by Crippen LogP contribution is 2.29. The lowest BCUT2D eigenvalue weighted by Crippen LogP contribution is -1.85. The van der Waals surface area contributed by atoms with Crippen LogP contribution in [0, 0.1) is 5.82 Å². The summed E-state index contributed by atoms with van der Waals surface area (Å²) in [4.78, 5) is 7.75. The summed E-state index contributed by atoms with van der Waals surface area (Å²) in [5, 5.41) is 0. The van der Waals surface area contributed by atoms with E-state index in [0.717, 1.165) is 23.0 Å². The lowest BCUT2D eigenvalue weighted by Gasteiger charge is -2.00. The Morgan fingerprint density at radius 1 is 1.26 bits per heavy atom. The number of aromatic amines is 1. The first-order valence-electron chi connectivity index (χ1n) is 6.12. The third-order valence-corrected chi connectivity index (χ3v) is 3.97. The topological polar surface area (TPSA) is 28.7 Å². The average molecular weight is 319 g/mol. The fraction of sp³-hybridized carbons (Fsp3) is 0.133. The van der Waals surface area contributed by atoms with Gasteiger partial charge in [-0.25, -0.2) is 9.37 Å². The summed E-state index contributed by atoms with van der Waals surface area (Å²) < 4.78 is 14.0. The van der Waals surface area contributed by atoms with Crippen molar-refractivity contribution in [1.29, 1.82) is 0 Å². The zero-order valence-electron chi connectivity index (χ0n) is 10.4. The summed E-state index contributed by atoms with van der Waals surface area (Å²) >= 11 is 3.27. The molecule has 0 fully saturated rings. The molecule has 0 radical (unpaired) electrons. The fourth-order valence-electron chi connectivity index (χ4n) is 2.09. The van der Waals surface area contributed by atoms with Crippen molar-refractivity contribution < 1.29 is 4.39 Å². The summed E-state index contributed by atoms with van der Waals surface area (Å²) in [5.41, 5.74) is 3.85. The third-order valence-electron chi connectivity index (χ3n) is 3.16. The Labute approximate surface area is 118 Å². The SMILES string of the molecule is CCc1ccc2nc(-c3cccc(F)c3Br)[nH]c2c1. The van der Waals surface area contributed by atoms with Crippen LogP contribution in [0.15, 0.2) is 40.9 Å². The molecule has 4 heteroatoms. The summed E-state index contributed by atoms with van der Waals surface area (Å²) in [6.07, 6.45) is 0.980. The second-order valence-corrected chi connectivity index (χ2v) is 5.18. The van der Waals surface area contributed by atoms with Gasteiger partial charge in [-0.2, -0.15) is 0 Å². The number of rotatable bonds is 2. The van der Waals surface area contributed by atoms with Crippen LogP contribution in [-0.2, 0) is 6.42 Å². The van der Waals surface area contributed by atoms with E-state index in [0.29, 0.717) is 10.3 Å². The lowest BCUT2D eigenvalue weighted by atomic mass is 10.1. The molecule has 0 bridgehead atoms. The van der Waals surface area contributed by atoms with Gasteiger partial charge in [0.25, 0.3) is 0 Å². The van der Waals surface area contributed by atoms with Crippen molar-refractivity contribution in [2.24, 2.45) is 0 Å². The van der Waals surface area contributed by atoms with Crippen LogP contribution in [0.2, 0.25) is 0 Å². The number of imidazole rings is 1. The molecule has 0 aliphatic heterocycles. The molecule has 2 nitrogen and oxygen atoms in total. The summed E-state index contributed by atoms with van der Waals surface area (Å²) in [6, 6.07) is 11.1. The van der Waals surface area contributed by atoms with Crippen LogP contribution < -0.4 is 0 Å². The van der Waals surface area contributed by atoms with Crippen molar-refractivity contribution in [3.05, 3.63) is 52.3 Å². The number of nitrogens with zero attached hydrogens (tertiary/aromatic N) is 1. The number of aryl methyl sites for hydroxylation is 1. The van der Waals surface area contributed by atoms with Gasteiger partial charge in [0.1, 0.15) is 11.6 Å². The van der Waals surface area contributed by atoms with Crippen LogP contribution >= 0.6 is 15.9 Å². The Kier molecular flexibility index (Phi) is 3.11. The van der Waals surface area contributed by atoms with Gasteiger partial charge in [0.2, 0.25) is 0 Å². The van der Waals surface area contributed by atoms with E-state index in [4.69, 9.17) is 0 Å². The number of aromatic nitrogens is 2. The molecule has 1 aromatic heterocycles. The number of halogens is 2. The zero-order chi connectivity index (χ0) is 13.4. The Balaban J connectivity index is 2.18. The lowest BCUT2D eigenvalue weighted by molar-refractivity contribution is 0.621. The van der Waals surface area contributed by atoms with E-state index in [1.165, 1.54) is 11.6 Å². The molecule has 0 aliphatic carbocycles. The van der Waals surface area contributed by atoms with Crippen LogP contribution in [0.25, 0.3) is 22.4 Å². The van der Waals surface area contributed by atoms with E-state index in [2.05, 4.69) is 45.0 Å². The molecule has 1 N–H and O–H groups in total. The smallest absolute Gasteiger partial charge is 0.139 e. The standard InChI is InChI=1S/C15H12BrFN2/c1-2-9-6-7-12-13(8-9)19-15(18-12)10-4-3-5-11(17)14(10)16/h3-8H,2H2,1H3,(H,18,19). The van der Waals surface area contributed by atoms with Crippen molar-refractivity contribution in [2.75, 3.05) is 0 Å². The normalized spacial score (nSPS) is 11.1. The predicted molar refractivity (Wildman–Crippen MR) is 78.6 cm³/mol. The molecule has 0 aliphatic rings. The Morgan fingerprint density at radius 2 is 2.11 bits per heavy atom. The molecule has 0 saturated carbocycles. The third kappa shape index (κ3) is 2.16. The van der Waals surface area contributed by atoms with Crippen molar-refractivity contribution in [2.45, 2.75) is 13.3 Å². The summed E-state index contributed by atoms with van der Waals surface area (Å²) in [7, 11) is 0. The van der Waals surface area contributed by atoms with Crippen LogP contribution in [0.5, 0.6) is 0 Å². The van der Waals surface area contributed by atoms with Crippen molar-refractivity contribution in [3.8, 4) is 11.4 Å². The van der Waals surface area contributed by atoms with E-state index < -0.39 is 0 Å². The van der Waals surface area contributed by atoms with Gasteiger partial charge in [-0.05, 0) is 52.2 Å². The zero-order valence-corrected chi connectivity index (χ0v) is 12.0. The van der Waals surface area contributed by atoms with E-state index in [1.54, 1.807) is 6.07 Å². The highest BCUT2D eigenvalue weighted by atomic mass is 79.9.